The third kappa shape index (κ3) is 5.74. The van der Waals surface area contributed by atoms with Gasteiger partial charge in [0.2, 0.25) is 0 Å². The molecule has 0 saturated carbocycles. The van der Waals surface area contributed by atoms with Gasteiger partial charge in [-0.2, -0.15) is 0 Å². The standard InChI is InChI=1S/C34H31NO4S/c36-27-10-6-26(7-11-27)34-32(30-15-12-28(37)21-31(30)40-34)33(38)25-8-13-29(14-9-25)39-19-18-35-17-16-24(22-35)20-23-4-2-1-3-5-23/h1-15,21,24,36-37H,16-20,22H2. The van der Waals surface area contributed by atoms with Crippen LogP contribution in [0.25, 0.3) is 20.5 Å². The zero-order chi connectivity index (χ0) is 27.5. The summed E-state index contributed by atoms with van der Waals surface area (Å²) in [6.07, 6.45) is 2.34. The molecule has 6 rings (SSSR count). The lowest BCUT2D eigenvalue weighted by molar-refractivity contribution is 0.104. The van der Waals surface area contributed by atoms with Gasteiger partial charge in [-0.15, -0.1) is 11.3 Å². The van der Waals surface area contributed by atoms with Crippen LogP contribution in [0.5, 0.6) is 17.2 Å². The number of benzene rings is 4. The highest BCUT2D eigenvalue weighted by atomic mass is 32.1. The predicted molar refractivity (Wildman–Crippen MR) is 161 cm³/mol. The summed E-state index contributed by atoms with van der Waals surface area (Å²) in [6, 6.07) is 30.0. The van der Waals surface area contributed by atoms with E-state index in [1.807, 2.05) is 24.3 Å². The topological polar surface area (TPSA) is 70.0 Å². The first-order valence-corrected chi connectivity index (χ1v) is 14.4. The van der Waals surface area contributed by atoms with Crippen LogP contribution in [0.15, 0.2) is 97.1 Å². The summed E-state index contributed by atoms with van der Waals surface area (Å²) in [5, 5.41) is 20.5. The summed E-state index contributed by atoms with van der Waals surface area (Å²) in [5.41, 5.74) is 3.42. The van der Waals surface area contributed by atoms with Crippen LogP contribution in [0, 0.1) is 5.92 Å². The molecule has 4 aromatic carbocycles. The third-order valence-corrected chi connectivity index (χ3v) is 8.76. The Morgan fingerprint density at radius 1 is 0.900 bits per heavy atom. The third-order valence-electron chi connectivity index (χ3n) is 7.56. The van der Waals surface area contributed by atoms with Crippen molar-refractivity contribution >= 4 is 27.2 Å². The number of rotatable bonds is 9. The molecule has 6 heteroatoms. The summed E-state index contributed by atoms with van der Waals surface area (Å²) in [5.74, 6) is 1.68. The second-order valence-electron chi connectivity index (χ2n) is 10.4. The van der Waals surface area contributed by atoms with Crippen LogP contribution in [0.2, 0.25) is 0 Å². The number of thiophene rings is 1. The molecule has 1 atom stereocenters. The van der Waals surface area contributed by atoms with Crippen molar-refractivity contribution in [2.45, 2.75) is 12.8 Å². The minimum absolute atomic E-state index is 0.0897. The van der Waals surface area contributed by atoms with Crippen molar-refractivity contribution in [2.24, 2.45) is 5.92 Å². The van der Waals surface area contributed by atoms with Crippen LogP contribution >= 0.6 is 11.3 Å². The van der Waals surface area contributed by atoms with E-state index in [0.29, 0.717) is 23.7 Å². The fourth-order valence-corrected chi connectivity index (χ4v) is 6.73. The van der Waals surface area contributed by atoms with E-state index in [1.54, 1.807) is 42.5 Å². The van der Waals surface area contributed by atoms with Crippen LogP contribution in [0.4, 0.5) is 0 Å². The minimum Gasteiger partial charge on any atom is -0.508 e. The van der Waals surface area contributed by atoms with Gasteiger partial charge in [0, 0.05) is 39.2 Å². The van der Waals surface area contributed by atoms with E-state index in [0.717, 1.165) is 52.3 Å². The lowest BCUT2D eigenvalue weighted by Crippen LogP contribution is -2.26. The zero-order valence-electron chi connectivity index (χ0n) is 22.1. The number of ketones is 1. The number of aromatic hydroxyl groups is 2. The van der Waals surface area contributed by atoms with Crippen molar-refractivity contribution in [3.63, 3.8) is 0 Å². The van der Waals surface area contributed by atoms with E-state index in [-0.39, 0.29) is 17.3 Å². The molecule has 1 aromatic heterocycles. The smallest absolute Gasteiger partial charge is 0.195 e. The molecule has 0 spiro atoms. The second kappa shape index (κ2) is 11.5. The molecule has 5 aromatic rings. The molecule has 0 aliphatic carbocycles. The van der Waals surface area contributed by atoms with Gasteiger partial charge in [-0.3, -0.25) is 9.69 Å². The molecule has 1 aliphatic heterocycles. The Kier molecular flexibility index (Phi) is 7.53. The highest BCUT2D eigenvalue weighted by Crippen LogP contribution is 2.41. The Hall–Kier alpha value is -4.13. The molecular formula is C34H31NO4S. The van der Waals surface area contributed by atoms with Gasteiger partial charge >= 0.3 is 0 Å². The Balaban J connectivity index is 1.11. The molecule has 1 saturated heterocycles. The first-order valence-electron chi connectivity index (χ1n) is 13.6. The lowest BCUT2D eigenvalue weighted by atomic mass is 9.97. The van der Waals surface area contributed by atoms with E-state index >= 15 is 0 Å². The van der Waals surface area contributed by atoms with E-state index in [2.05, 4.69) is 35.2 Å². The number of ether oxygens (including phenoxy) is 1. The first-order chi connectivity index (χ1) is 19.5. The van der Waals surface area contributed by atoms with Crippen molar-refractivity contribution in [2.75, 3.05) is 26.2 Å². The van der Waals surface area contributed by atoms with Gasteiger partial charge in [0.25, 0.3) is 0 Å². The summed E-state index contributed by atoms with van der Waals surface area (Å²) < 4.78 is 6.86. The number of phenolic OH excluding ortho intramolecular Hbond substituents is 2. The fourth-order valence-electron chi connectivity index (χ4n) is 5.50. The highest BCUT2D eigenvalue weighted by molar-refractivity contribution is 7.22. The maximum atomic E-state index is 13.8. The number of fused-ring (bicyclic) bond motifs is 1. The summed E-state index contributed by atoms with van der Waals surface area (Å²) >= 11 is 1.45. The SMILES string of the molecule is O=C(c1ccc(OCCN2CCC(Cc3ccccc3)C2)cc1)c1c(-c2ccc(O)cc2)sc2cc(O)ccc12. The maximum absolute atomic E-state index is 13.8. The molecule has 0 bridgehead atoms. The zero-order valence-corrected chi connectivity index (χ0v) is 22.9. The normalized spacial score (nSPS) is 15.4. The van der Waals surface area contributed by atoms with Gasteiger partial charge < -0.3 is 14.9 Å². The van der Waals surface area contributed by atoms with Gasteiger partial charge in [0.05, 0.1) is 0 Å². The monoisotopic (exact) mass is 549 g/mol. The molecule has 2 heterocycles. The summed E-state index contributed by atoms with van der Waals surface area (Å²) in [4.78, 5) is 17.1. The van der Waals surface area contributed by atoms with Crippen LogP contribution in [-0.4, -0.2) is 47.1 Å². The number of nitrogens with zero attached hydrogens (tertiary/aromatic N) is 1. The van der Waals surface area contributed by atoms with E-state index in [4.69, 9.17) is 4.74 Å². The molecule has 202 valence electrons. The summed E-state index contributed by atoms with van der Waals surface area (Å²) in [7, 11) is 0. The molecule has 1 unspecified atom stereocenters. The Labute approximate surface area is 237 Å². The first kappa shape index (κ1) is 26.1. The van der Waals surface area contributed by atoms with Gasteiger partial charge in [-0.25, -0.2) is 0 Å². The lowest BCUT2D eigenvalue weighted by Gasteiger charge is -2.16. The predicted octanol–water partition coefficient (Wildman–Crippen LogP) is 7.15. The fraction of sp³-hybridized carbons (Fsp3) is 0.206. The number of carbonyl (C=O) groups is 1. The summed E-state index contributed by atoms with van der Waals surface area (Å²) in [6.45, 7) is 3.69. The molecule has 0 amide bonds. The molecule has 5 nitrogen and oxygen atoms in total. The largest absolute Gasteiger partial charge is 0.508 e. The molecule has 2 N–H and O–H groups in total. The molecule has 0 radical (unpaired) electrons. The van der Waals surface area contributed by atoms with Crippen LogP contribution < -0.4 is 4.74 Å². The highest BCUT2D eigenvalue weighted by Gasteiger charge is 2.23. The van der Waals surface area contributed by atoms with Crippen LogP contribution in [0.1, 0.15) is 27.9 Å². The van der Waals surface area contributed by atoms with Gasteiger partial charge in [-0.05, 0) is 103 Å². The van der Waals surface area contributed by atoms with Crippen LogP contribution in [-0.2, 0) is 6.42 Å². The molecular weight excluding hydrogens is 518 g/mol. The molecule has 1 aliphatic rings. The van der Waals surface area contributed by atoms with Crippen molar-refractivity contribution in [1.82, 2.24) is 4.90 Å². The average Bonchev–Trinajstić information content (AvgIpc) is 3.58. The van der Waals surface area contributed by atoms with Crippen molar-refractivity contribution in [1.29, 1.82) is 0 Å². The van der Waals surface area contributed by atoms with Gasteiger partial charge in [-0.1, -0.05) is 30.3 Å². The van der Waals surface area contributed by atoms with E-state index in [9.17, 15) is 15.0 Å². The van der Waals surface area contributed by atoms with Crippen molar-refractivity contribution in [3.8, 4) is 27.7 Å². The molecule has 40 heavy (non-hydrogen) atoms. The molecule has 1 fully saturated rings. The van der Waals surface area contributed by atoms with E-state index < -0.39 is 0 Å². The number of hydrogen-bond donors (Lipinski definition) is 2. The van der Waals surface area contributed by atoms with Crippen molar-refractivity contribution in [3.05, 3.63) is 114 Å². The quantitative estimate of drug-likeness (QED) is 0.191. The second-order valence-corrected chi connectivity index (χ2v) is 11.4. The van der Waals surface area contributed by atoms with Gasteiger partial charge in [0.15, 0.2) is 5.78 Å². The minimum atomic E-state index is -0.0897. The Morgan fingerprint density at radius 3 is 2.42 bits per heavy atom. The Bertz CT molecular complexity index is 1610. The Morgan fingerprint density at radius 2 is 1.65 bits per heavy atom. The van der Waals surface area contributed by atoms with Gasteiger partial charge in [0.1, 0.15) is 23.9 Å². The van der Waals surface area contributed by atoms with E-state index in [1.165, 1.54) is 23.3 Å². The number of carbonyl (C=O) groups excluding carboxylic acids is 1. The maximum Gasteiger partial charge on any atom is 0.195 e. The number of likely N-dealkylation sites (tertiary alicyclic amines) is 1. The average molecular weight is 550 g/mol. The van der Waals surface area contributed by atoms with Crippen molar-refractivity contribution < 1.29 is 19.7 Å². The number of hydrogen-bond acceptors (Lipinski definition) is 6. The number of phenols is 2. The van der Waals surface area contributed by atoms with Crippen LogP contribution in [0.3, 0.4) is 0 Å².